The van der Waals surface area contributed by atoms with Gasteiger partial charge in [0.25, 0.3) is 0 Å². The van der Waals surface area contributed by atoms with Crippen LogP contribution in [0.3, 0.4) is 0 Å². The van der Waals surface area contributed by atoms with Crippen molar-refractivity contribution in [1.82, 2.24) is 5.32 Å². The summed E-state index contributed by atoms with van der Waals surface area (Å²) < 4.78 is 9.43. The number of hydrogen-bond acceptors (Lipinski definition) is 5. The Balaban J connectivity index is 3.40. The van der Waals surface area contributed by atoms with E-state index < -0.39 is 12.1 Å². The maximum absolute atomic E-state index is 11.1. The number of alkyl carbamates (subject to hydrolysis) is 1. The number of alkyl halides is 1. The summed E-state index contributed by atoms with van der Waals surface area (Å²) >= 11 is 3.04. The molecule has 0 aliphatic carbocycles. The van der Waals surface area contributed by atoms with E-state index in [0.29, 0.717) is 18.2 Å². The van der Waals surface area contributed by atoms with Crippen LogP contribution in [-0.4, -0.2) is 42.9 Å². The molecular formula is C11H16BrNO5. The molecule has 0 fully saturated rings. The number of ether oxygens (including phenoxy) is 2. The number of ketones is 1. The van der Waals surface area contributed by atoms with E-state index in [4.69, 9.17) is 4.74 Å². The second-order valence-electron chi connectivity index (χ2n) is 3.21. The average Bonchev–Trinajstić information content (AvgIpc) is 2.38. The monoisotopic (exact) mass is 321 g/mol. The van der Waals surface area contributed by atoms with Crippen LogP contribution in [0.25, 0.3) is 0 Å². The van der Waals surface area contributed by atoms with Gasteiger partial charge in [-0.3, -0.25) is 4.79 Å². The molecule has 1 N–H and O–H groups in total. The SMILES string of the molecule is C=CC(=O)OCCNC(=O)OCCCC(=O)CBr. The molecule has 102 valence electrons. The lowest BCUT2D eigenvalue weighted by Crippen LogP contribution is -2.28. The van der Waals surface area contributed by atoms with Gasteiger partial charge >= 0.3 is 12.1 Å². The molecular weight excluding hydrogens is 306 g/mol. The first kappa shape index (κ1) is 16.6. The summed E-state index contributed by atoms with van der Waals surface area (Å²) in [4.78, 5) is 32.6. The van der Waals surface area contributed by atoms with E-state index in [1.165, 1.54) is 0 Å². The maximum Gasteiger partial charge on any atom is 0.407 e. The van der Waals surface area contributed by atoms with Crippen LogP contribution >= 0.6 is 15.9 Å². The number of halogens is 1. The molecule has 6 nitrogen and oxygen atoms in total. The molecule has 0 rings (SSSR count). The van der Waals surface area contributed by atoms with Crippen molar-refractivity contribution in [1.29, 1.82) is 0 Å². The summed E-state index contributed by atoms with van der Waals surface area (Å²) in [7, 11) is 0. The predicted octanol–water partition coefficient (Wildman–Crippen LogP) is 1.19. The largest absolute Gasteiger partial charge is 0.461 e. The van der Waals surface area contributed by atoms with Crippen molar-refractivity contribution in [3.8, 4) is 0 Å². The highest BCUT2D eigenvalue weighted by molar-refractivity contribution is 9.09. The molecule has 1 amide bonds. The number of carbonyl (C=O) groups is 3. The smallest absolute Gasteiger partial charge is 0.407 e. The van der Waals surface area contributed by atoms with Crippen LogP contribution in [0.4, 0.5) is 4.79 Å². The van der Waals surface area contributed by atoms with Gasteiger partial charge in [-0.25, -0.2) is 9.59 Å². The van der Waals surface area contributed by atoms with E-state index in [2.05, 4.69) is 32.6 Å². The first-order valence-corrected chi connectivity index (χ1v) is 6.49. The molecule has 0 aromatic heterocycles. The Morgan fingerprint density at radius 2 is 1.94 bits per heavy atom. The molecule has 0 saturated carbocycles. The van der Waals surface area contributed by atoms with Crippen molar-refractivity contribution in [2.75, 3.05) is 25.1 Å². The topological polar surface area (TPSA) is 81.7 Å². The van der Waals surface area contributed by atoms with E-state index in [1.807, 2.05) is 0 Å². The summed E-state index contributed by atoms with van der Waals surface area (Å²) in [6.07, 6.45) is 1.30. The molecule has 18 heavy (non-hydrogen) atoms. The second-order valence-corrected chi connectivity index (χ2v) is 3.77. The van der Waals surface area contributed by atoms with Crippen LogP contribution in [0.2, 0.25) is 0 Å². The summed E-state index contributed by atoms with van der Waals surface area (Å²) in [5.41, 5.74) is 0. The fraction of sp³-hybridized carbons (Fsp3) is 0.545. The second kappa shape index (κ2) is 10.8. The molecule has 0 unspecified atom stereocenters. The fourth-order valence-corrected chi connectivity index (χ4v) is 1.20. The van der Waals surface area contributed by atoms with Gasteiger partial charge in [0.05, 0.1) is 18.5 Å². The zero-order valence-electron chi connectivity index (χ0n) is 9.95. The van der Waals surface area contributed by atoms with Crippen LogP contribution in [0.5, 0.6) is 0 Å². The third-order valence-corrected chi connectivity index (χ3v) is 2.39. The van der Waals surface area contributed by atoms with Gasteiger partial charge in [-0.2, -0.15) is 0 Å². The zero-order chi connectivity index (χ0) is 13.8. The van der Waals surface area contributed by atoms with Crippen LogP contribution in [-0.2, 0) is 19.1 Å². The van der Waals surface area contributed by atoms with Crippen LogP contribution in [0, 0.1) is 0 Å². The van der Waals surface area contributed by atoms with Crippen LogP contribution in [0.1, 0.15) is 12.8 Å². The molecule has 0 heterocycles. The highest BCUT2D eigenvalue weighted by Gasteiger charge is 2.03. The molecule has 0 saturated heterocycles. The van der Waals surface area contributed by atoms with Crippen LogP contribution < -0.4 is 5.32 Å². The van der Waals surface area contributed by atoms with Crippen molar-refractivity contribution in [3.63, 3.8) is 0 Å². The Morgan fingerprint density at radius 3 is 2.56 bits per heavy atom. The molecule has 0 aliphatic rings. The average molecular weight is 322 g/mol. The van der Waals surface area contributed by atoms with Crippen molar-refractivity contribution in [3.05, 3.63) is 12.7 Å². The molecule has 0 spiro atoms. The lowest BCUT2D eigenvalue weighted by molar-refractivity contribution is -0.137. The number of rotatable bonds is 9. The molecule has 0 aromatic rings. The first-order valence-electron chi connectivity index (χ1n) is 5.37. The Bertz CT molecular complexity index is 306. The number of nitrogens with one attached hydrogen (secondary N) is 1. The fourth-order valence-electron chi connectivity index (χ4n) is 0.916. The predicted molar refractivity (Wildman–Crippen MR) is 68.5 cm³/mol. The highest BCUT2D eigenvalue weighted by Crippen LogP contribution is 1.95. The minimum atomic E-state index is -0.601. The summed E-state index contributed by atoms with van der Waals surface area (Å²) in [6, 6.07) is 0. The van der Waals surface area contributed by atoms with Gasteiger partial charge in [-0.15, -0.1) is 0 Å². The lowest BCUT2D eigenvalue weighted by atomic mass is 10.2. The van der Waals surface area contributed by atoms with Crippen molar-refractivity contribution in [2.24, 2.45) is 0 Å². The molecule has 0 radical (unpaired) electrons. The Morgan fingerprint density at radius 1 is 1.22 bits per heavy atom. The zero-order valence-corrected chi connectivity index (χ0v) is 11.5. The van der Waals surface area contributed by atoms with Gasteiger partial charge in [0.2, 0.25) is 0 Å². The lowest BCUT2D eigenvalue weighted by Gasteiger charge is -2.06. The van der Waals surface area contributed by atoms with Gasteiger partial charge in [0.15, 0.2) is 0 Å². The molecule has 7 heteroatoms. The third kappa shape index (κ3) is 9.83. The van der Waals surface area contributed by atoms with E-state index in [0.717, 1.165) is 6.08 Å². The van der Waals surface area contributed by atoms with E-state index in [9.17, 15) is 14.4 Å². The van der Waals surface area contributed by atoms with E-state index >= 15 is 0 Å². The highest BCUT2D eigenvalue weighted by atomic mass is 79.9. The number of hydrogen-bond donors (Lipinski definition) is 1. The standard InChI is InChI=1S/C11H16BrNO5/c1-2-10(15)17-7-5-13-11(16)18-6-3-4-9(14)8-12/h2H,1,3-8H2,(H,13,16). The van der Waals surface area contributed by atoms with E-state index in [1.54, 1.807) is 0 Å². The molecule has 0 bridgehead atoms. The summed E-state index contributed by atoms with van der Waals surface area (Å²) in [5, 5.41) is 2.71. The summed E-state index contributed by atoms with van der Waals surface area (Å²) in [6.45, 7) is 3.63. The Labute approximate surface area is 114 Å². The van der Waals surface area contributed by atoms with Crippen molar-refractivity contribution in [2.45, 2.75) is 12.8 Å². The normalized spacial score (nSPS) is 9.39. The minimum Gasteiger partial charge on any atom is -0.461 e. The van der Waals surface area contributed by atoms with Crippen molar-refractivity contribution >= 4 is 33.8 Å². The maximum atomic E-state index is 11.1. The molecule has 0 aromatic carbocycles. The molecule has 0 aliphatic heterocycles. The third-order valence-electron chi connectivity index (χ3n) is 1.76. The van der Waals surface area contributed by atoms with Gasteiger partial charge in [-0.1, -0.05) is 22.5 Å². The number of esters is 1. The number of Topliss-reactive ketones (excluding diaryl/α,β-unsaturated/α-hetero) is 1. The van der Waals surface area contributed by atoms with Gasteiger partial charge in [0.1, 0.15) is 12.4 Å². The Kier molecular flexibility index (Phi) is 9.94. The summed E-state index contributed by atoms with van der Waals surface area (Å²) in [5.74, 6) is -0.478. The van der Waals surface area contributed by atoms with Gasteiger partial charge < -0.3 is 14.8 Å². The van der Waals surface area contributed by atoms with Gasteiger partial charge in [0, 0.05) is 12.5 Å². The number of amides is 1. The van der Waals surface area contributed by atoms with Crippen LogP contribution in [0.15, 0.2) is 12.7 Å². The van der Waals surface area contributed by atoms with E-state index in [-0.39, 0.29) is 25.5 Å². The number of carbonyl (C=O) groups excluding carboxylic acids is 3. The van der Waals surface area contributed by atoms with Gasteiger partial charge in [-0.05, 0) is 6.42 Å². The first-order chi connectivity index (χ1) is 8.60. The minimum absolute atomic E-state index is 0.0576. The molecule has 0 atom stereocenters. The Hall–Kier alpha value is -1.37. The quantitative estimate of drug-likeness (QED) is 0.298. The van der Waals surface area contributed by atoms with Crippen molar-refractivity contribution < 1.29 is 23.9 Å².